The van der Waals surface area contributed by atoms with Crippen molar-refractivity contribution in [3.05, 3.63) is 197 Å². The molecule has 2 aromatic heterocycles. The Bertz CT molecular complexity index is 4400. The fourth-order valence-electron chi connectivity index (χ4n) is 16.4. The summed E-state index contributed by atoms with van der Waals surface area (Å²) in [6.45, 7) is 43.4. The maximum absolute atomic E-state index is 2.74. The van der Waals surface area contributed by atoms with Crippen LogP contribution in [0.4, 0.5) is 34.1 Å². The van der Waals surface area contributed by atoms with Crippen molar-refractivity contribution in [2.24, 2.45) is 16.7 Å². The first-order valence-corrected chi connectivity index (χ1v) is 30.9. The third kappa shape index (κ3) is 6.57. The summed E-state index contributed by atoms with van der Waals surface area (Å²) in [4.78, 5) is 0. The first kappa shape index (κ1) is 52.6. The molecule has 418 valence electrons. The van der Waals surface area contributed by atoms with Crippen LogP contribution in [0.1, 0.15) is 159 Å². The van der Waals surface area contributed by atoms with Crippen molar-refractivity contribution >= 4 is 61.5 Å². The molecule has 1 fully saturated rings. The minimum Gasteiger partial charge on any atom is -0.181 e. The largest absolute Gasteiger partial charge is 0.498 e. The molecule has 5 heteroatoms. The SMILES string of the molecule is CC(C)(C)C1=CC(C(C)(C)C)CC(c2cccc(-c3cc(C(C)(C)C)cc(C(C)(C)C)c3)c2[N+]23c4ccccc4[N+]24c2cccc5c2[N+]2(c6c(ccc7c8ccccc8n(c67)-c6cccc[n+]62)-c2cc(C(C)(C)C)c(C(C)(C)C)cc2-5)C43)=C1. The number of pyridine rings is 1. The van der Waals surface area contributed by atoms with Crippen LogP contribution in [-0.2, 0) is 21.7 Å². The van der Waals surface area contributed by atoms with Crippen molar-refractivity contribution in [1.29, 1.82) is 0 Å². The standard InChI is InChI=1S/C78H85N5/c1-73(2,3)49-39-47(40-50(43-49)74(4,5)6)53-28-25-29-54(48-41-51(75(7,8)9)44-52(42-48)76(10,11)12)69(53)83-65-33-22-21-32-64(65)82(83)66-34-26-30-57-59-45-61(77(13,14)15)62(78(16,17)18)46-60(59)58-37-36-56-55-27-19-20-31-63(55)80-67-35-23-24-38-79(67)81(70(57)66,72(82)83)71(58)68(56)80/h19-41,43-46,52,72H,42H2,1-18H3/q+4. The number of fused-ring (bicyclic) bond motifs is 11. The molecule has 83 heavy (non-hydrogen) atoms. The van der Waals surface area contributed by atoms with E-state index in [-0.39, 0.29) is 38.8 Å². The van der Waals surface area contributed by atoms with Gasteiger partial charge in [0.15, 0.2) is 6.20 Å². The molecule has 0 saturated carbocycles. The molecule has 9 aromatic rings. The lowest BCUT2D eigenvalue weighted by atomic mass is 9.69. The van der Waals surface area contributed by atoms with Gasteiger partial charge in [-0.15, -0.1) is 0 Å². The lowest BCUT2D eigenvalue weighted by Gasteiger charge is -2.37. The number of nitrogens with zero attached hydrogens (tertiary/aromatic N) is 5. The Labute approximate surface area is 494 Å². The highest BCUT2D eigenvalue weighted by molar-refractivity contribution is 6.20. The van der Waals surface area contributed by atoms with Crippen molar-refractivity contribution in [2.75, 3.05) is 0 Å². The van der Waals surface area contributed by atoms with Crippen molar-refractivity contribution in [3.63, 3.8) is 0 Å². The second-order valence-corrected chi connectivity index (χ2v) is 31.8. The minimum atomic E-state index is -0.127. The molecule has 0 bridgehead atoms. The van der Waals surface area contributed by atoms with Crippen LogP contribution < -0.4 is 18.5 Å². The molecule has 5 unspecified atom stereocenters. The van der Waals surface area contributed by atoms with E-state index in [0.29, 0.717) is 19.7 Å². The van der Waals surface area contributed by atoms with E-state index in [0.717, 1.165) is 6.42 Å². The fourth-order valence-corrected chi connectivity index (χ4v) is 16.4. The zero-order valence-electron chi connectivity index (χ0n) is 52.7. The summed E-state index contributed by atoms with van der Waals surface area (Å²) in [5.41, 5.74) is 28.2. The van der Waals surface area contributed by atoms with Crippen LogP contribution in [0.3, 0.4) is 0 Å². The molecule has 5 atom stereocenters. The number of rotatable bonds is 3. The third-order valence-electron chi connectivity index (χ3n) is 20.5. The molecule has 0 radical (unpaired) electrons. The van der Waals surface area contributed by atoms with Crippen LogP contribution in [0.2, 0.25) is 0 Å². The van der Waals surface area contributed by atoms with Crippen LogP contribution >= 0.6 is 0 Å². The summed E-state index contributed by atoms with van der Waals surface area (Å²) in [7, 11) is 0. The first-order chi connectivity index (χ1) is 39.0. The third-order valence-corrected chi connectivity index (χ3v) is 20.5. The van der Waals surface area contributed by atoms with Crippen molar-refractivity contribution in [3.8, 4) is 39.2 Å². The highest BCUT2D eigenvalue weighted by atomic mass is 16.2. The zero-order valence-corrected chi connectivity index (χ0v) is 52.7. The van der Waals surface area contributed by atoms with Gasteiger partial charge in [0.05, 0.1) is 11.1 Å². The van der Waals surface area contributed by atoms with Gasteiger partial charge in [-0.2, -0.15) is 4.57 Å². The number of quaternary nitrogens is 3. The summed E-state index contributed by atoms with van der Waals surface area (Å²) in [5.74, 6) is 1.53. The molecule has 5 nitrogen and oxygen atoms in total. The van der Waals surface area contributed by atoms with Gasteiger partial charge in [0, 0.05) is 59.9 Å². The average molecular weight is 1090 g/mol. The first-order valence-electron chi connectivity index (χ1n) is 30.9. The summed E-state index contributed by atoms with van der Waals surface area (Å²) in [6.07, 6.45) is 8.54. The second-order valence-electron chi connectivity index (χ2n) is 31.8. The highest BCUT2D eigenvalue weighted by Crippen LogP contribution is 2.86. The highest BCUT2D eigenvalue weighted by Gasteiger charge is 3.11. The van der Waals surface area contributed by atoms with Crippen LogP contribution in [0.15, 0.2) is 170 Å². The molecule has 7 heterocycles. The number of para-hydroxylation sites is 5. The van der Waals surface area contributed by atoms with Gasteiger partial charge < -0.3 is 0 Å². The molecule has 1 saturated heterocycles. The van der Waals surface area contributed by atoms with E-state index in [4.69, 9.17) is 0 Å². The van der Waals surface area contributed by atoms with Gasteiger partial charge in [-0.05, 0) is 160 Å². The predicted octanol–water partition coefficient (Wildman–Crippen LogP) is 20.9. The van der Waals surface area contributed by atoms with E-state index in [2.05, 4.69) is 298 Å². The molecule has 2 spiro atoms. The molecule has 1 aliphatic carbocycles. The summed E-state index contributed by atoms with van der Waals surface area (Å²) >= 11 is 0. The summed E-state index contributed by atoms with van der Waals surface area (Å²) < 4.78 is 7.20. The Kier molecular flexibility index (Phi) is 10.3. The van der Waals surface area contributed by atoms with E-state index in [1.165, 1.54) is 134 Å². The fraction of sp³-hybridized carbons (Fsp3) is 0.346. The Balaban J connectivity index is 1.16. The Morgan fingerprint density at radius 1 is 0.446 bits per heavy atom. The molecule has 0 N–H and O–H groups in total. The van der Waals surface area contributed by atoms with Crippen LogP contribution in [0.25, 0.3) is 66.6 Å². The van der Waals surface area contributed by atoms with Gasteiger partial charge in [-0.3, -0.25) is 0 Å². The van der Waals surface area contributed by atoms with Crippen LogP contribution in [-0.4, -0.2) is 10.9 Å². The summed E-state index contributed by atoms with van der Waals surface area (Å²) in [5, 5.41) is 2.59. The maximum Gasteiger partial charge on any atom is 0.498 e. The average Bonchev–Trinajstić information content (AvgIpc) is 1.39. The van der Waals surface area contributed by atoms with Crippen molar-refractivity contribution in [1.82, 2.24) is 18.3 Å². The van der Waals surface area contributed by atoms with Crippen LogP contribution in [0.5, 0.6) is 0 Å². The van der Waals surface area contributed by atoms with E-state index < -0.39 is 0 Å². The lowest BCUT2D eigenvalue weighted by molar-refractivity contribution is -0.793. The molecular weight excluding hydrogens is 1010 g/mol. The quantitative estimate of drug-likeness (QED) is 0.0947. The number of hydrogen-bond acceptors (Lipinski definition) is 0. The molecular formula is C78H85N5+4. The van der Waals surface area contributed by atoms with Gasteiger partial charge in [-0.25, -0.2) is 0 Å². The van der Waals surface area contributed by atoms with Gasteiger partial charge >= 0.3 is 12.1 Å². The van der Waals surface area contributed by atoms with Gasteiger partial charge in [0.25, 0.3) is 22.7 Å². The number of benzene rings is 7. The monoisotopic (exact) mass is 1090 g/mol. The topological polar surface area (TPSA) is 8.81 Å². The molecule has 5 aliphatic heterocycles. The zero-order chi connectivity index (χ0) is 58.5. The molecule has 0 amide bonds. The molecule has 7 aromatic carbocycles. The Morgan fingerprint density at radius 3 is 1.64 bits per heavy atom. The van der Waals surface area contributed by atoms with Gasteiger partial charge in [-0.1, -0.05) is 197 Å². The predicted molar refractivity (Wildman–Crippen MR) is 352 cm³/mol. The Hall–Kier alpha value is -7.15. The molecule has 15 rings (SSSR count). The lowest BCUT2D eigenvalue weighted by Crippen LogP contribution is -2.74. The van der Waals surface area contributed by atoms with Gasteiger partial charge in [0.2, 0.25) is 16.9 Å². The Morgan fingerprint density at radius 2 is 1.01 bits per heavy atom. The molecule has 6 aliphatic rings. The van der Waals surface area contributed by atoms with E-state index >= 15 is 0 Å². The normalized spacial score (nSPS) is 22.8. The number of aromatic nitrogens is 2. The second kappa shape index (κ2) is 16.2. The van der Waals surface area contributed by atoms with Crippen LogP contribution in [0, 0.1) is 16.7 Å². The van der Waals surface area contributed by atoms with Gasteiger partial charge in [0.1, 0.15) is 5.52 Å². The van der Waals surface area contributed by atoms with Crippen molar-refractivity contribution in [2.45, 2.75) is 159 Å². The number of allylic oxidation sites excluding steroid dienone is 4. The minimum absolute atomic E-state index is 0.0462. The van der Waals surface area contributed by atoms with E-state index in [9.17, 15) is 0 Å². The van der Waals surface area contributed by atoms with Crippen molar-refractivity contribution < 1.29 is 4.68 Å². The van der Waals surface area contributed by atoms with E-state index in [1.807, 2.05) is 0 Å². The number of hydrogen-bond donors (Lipinski definition) is 0. The van der Waals surface area contributed by atoms with E-state index in [1.54, 1.807) is 0 Å². The smallest absolute Gasteiger partial charge is 0.181 e. The maximum atomic E-state index is 2.74. The summed E-state index contributed by atoms with van der Waals surface area (Å²) in [6, 6.07) is 58.7.